The summed E-state index contributed by atoms with van der Waals surface area (Å²) in [6.07, 6.45) is 0. The standard InChI is InChI=1S/C19H18ClN3OS/c1-12-16(18(24)21-15-6-4-3-5-7-15)17(22-19(25)23(12)2)13-8-10-14(20)11-9-13/h3-11,17H,1-2H3,(H,21,24)(H,22,25). The molecule has 2 N–H and O–H groups in total. The van der Waals surface area contributed by atoms with Crippen molar-refractivity contribution in [2.45, 2.75) is 13.0 Å². The molecule has 0 fully saturated rings. The number of anilines is 1. The van der Waals surface area contributed by atoms with E-state index >= 15 is 0 Å². The number of halogens is 1. The second-order valence-corrected chi connectivity index (χ2v) is 6.64. The average Bonchev–Trinajstić information content (AvgIpc) is 2.61. The Kier molecular flexibility index (Phi) is 5.06. The summed E-state index contributed by atoms with van der Waals surface area (Å²) in [5.41, 5.74) is 3.12. The summed E-state index contributed by atoms with van der Waals surface area (Å²) >= 11 is 11.4. The van der Waals surface area contributed by atoms with Crippen LogP contribution in [0.1, 0.15) is 18.5 Å². The Morgan fingerprint density at radius 3 is 2.44 bits per heavy atom. The zero-order chi connectivity index (χ0) is 18.0. The predicted molar refractivity (Wildman–Crippen MR) is 105 cm³/mol. The van der Waals surface area contributed by atoms with Gasteiger partial charge in [0.1, 0.15) is 0 Å². The summed E-state index contributed by atoms with van der Waals surface area (Å²) in [6, 6.07) is 16.5. The van der Waals surface area contributed by atoms with Crippen LogP contribution in [0.25, 0.3) is 0 Å². The molecule has 1 atom stereocenters. The van der Waals surface area contributed by atoms with Gasteiger partial charge < -0.3 is 15.5 Å². The maximum absolute atomic E-state index is 13.0. The van der Waals surface area contributed by atoms with E-state index in [9.17, 15) is 4.79 Å². The van der Waals surface area contributed by atoms with Crippen molar-refractivity contribution in [3.63, 3.8) is 0 Å². The lowest BCUT2D eigenvalue weighted by molar-refractivity contribution is -0.113. The molecule has 4 nitrogen and oxygen atoms in total. The Hall–Kier alpha value is -2.37. The summed E-state index contributed by atoms with van der Waals surface area (Å²) in [5.74, 6) is -0.162. The first-order valence-corrected chi connectivity index (χ1v) is 8.63. The van der Waals surface area contributed by atoms with Crippen LogP contribution >= 0.6 is 23.8 Å². The zero-order valence-corrected chi connectivity index (χ0v) is 15.5. The van der Waals surface area contributed by atoms with Gasteiger partial charge in [0.2, 0.25) is 0 Å². The number of rotatable bonds is 3. The lowest BCUT2D eigenvalue weighted by atomic mass is 9.94. The van der Waals surface area contributed by atoms with E-state index < -0.39 is 0 Å². The first kappa shape index (κ1) is 17.5. The minimum absolute atomic E-state index is 0.162. The Labute approximate surface area is 157 Å². The minimum atomic E-state index is -0.329. The van der Waals surface area contributed by atoms with Gasteiger partial charge in [-0.1, -0.05) is 41.9 Å². The zero-order valence-electron chi connectivity index (χ0n) is 13.9. The molecule has 0 radical (unpaired) electrons. The number of hydrogen-bond donors (Lipinski definition) is 2. The molecule has 0 saturated heterocycles. The van der Waals surface area contributed by atoms with Gasteiger partial charge in [-0.25, -0.2) is 0 Å². The van der Waals surface area contributed by atoms with Crippen molar-refractivity contribution in [3.05, 3.63) is 76.5 Å². The number of para-hydroxylation sites is 1. The predicted octanol–water partition coefficient (Wildman–Crippen LogP) is 4.11. The van der Waals surface area contributed by atoms with Crippen LogP contribution in [0, 0.1) is 0 Å². The second-order valence-electron chi connectivity index (χ2n) is 5.81. The van der Waals surface area contributed by atoms with E-state index in [2.05, 4.69) is 10.6 Å². The summed E-state index contributed by atoms with van der Waals surface area (Å²) in [7, 11) is 1.85. The lowest BCUT2D eigenvalue weighted by Gasteiger charge is -2.35. The van der Waals surface area contributed by atoms with Crippen LogP contribution in [-0.2, 0) is 4.79 Å². The number of benzene rings is 2. The number of hydrogen-bond acceptors (Lipinski definition) is 2. The van der Waals surface area contributed by atoms with Gasteiger partial charge >= 0.3 is 0 Å². The molecule has 1 aliphatic rings. The molecule has 25 heavy (non-hydrogen) atoms. The molecular weight excluding hydrogens is 354 g/mol. The number of allylic oxidation sites excluding steroid dienone is 1. The Balaban J connectivity index is 1.99. The van der Waals surface area contributed by atoms with Gasteiger partial charge in [0.25, 0.3) is 5.91 Å². The third-order valence-electron chi connectivity index (χ3n) is 4.23. The van der Waals surface area contributed by atoms with Crippen molar-refractivity contribution < 1.29 is 4.79 Å². The first-order chi connectivity index (χ1) is 12.0. The number of nitrogens with zero attached hydrogens (tertiary/aromatic N) is 1. The molecule has 1 heterocycles. The van der Waals surface area contributed by atoms with Gasteiger partial charge in [0, 0.05) is 23.5 Å². The highest BCUT2D eigenvalue weighted by molar-refractivity contribution is 7.80. The van der Waals surface area contributed by atoms with Gasteiger partial charge in [-0.2, -0.15) is 0 Å². The highest BCUT2D eigenvalue weighted by Crippen LogP contribution is 2.31. The maximum Gasteiger partial charge on any atom is 0.255 e. The minimum Gasteiger partial charge on any atom is -0.351 e. The smallest absolute Gasteiger partial charge is 0.255 e. The van der Waals surface area contributed by atoms with Gasteiger partial charge in [-0.15, -0.1) is 0 Å². The van der Waals surface area contributed by atoms with Crippen molar-refractivity contribution in [1.29, 1.82) is 0 Å². The van der Waals surface area contributed by atoms with Crippen LogP contribution < -0.4 is 10.6 Å². The van der Waals surface area contributed by atoms with Crippen LogP contribution in [0.2, 0.25) is 5.02 Å². The molecule has 1 aliphatic heterocycles. The number of amides is 1. The summed E-state index contributed by atoms with van der Waals surface area (Å²) in [5, 5.41) is 7.43. The van der Waals surface area contributed by atoms with E-state index in [1.54, 1.807) is 0 Å². The van der Waals surface area contributed by atoms with E-state index in [4.69, 9.17) is 23.8 Å². The molecule has 0 aromatic heterocycles. The fraction of sp³-hybridized carbons (Fsp3) is 0.158. The van der Waals surface area contributed by atoms with Crippen LogP contribution in [-0.4, -0.2) is 23.0 Å². The third kappa shape index (κ3) is 3.67. The fourth-order valence-electron chi connectivity index (χ4n) is 2.75. The second kappa shape index (κ2) is 7.25. The van der Waals surface area contributed by atoms with Crippen molar-refractivity contribution in [3.8, 4) is 0 Å². The number of carbonyl (C=O) groups is 1. The van der Waals surface area contributed by atoms with Crippen molar-refractivity contribution in [2.24, 2.45) is 0 Å². The molecule has 128 valence electrons. The molecule has 0 bridgehead atoms. The van der Waals surface area contributed by atoms with Gasteiger partial charge in [-0.3, -0.25) is 4.79 Å². The van der Waals surface area contributed by atoms with E-state index in [1.165, 1.54) is 0 Å². The molecule has 6 heteroatoms. The van der Waals surface area contributed by atoms with E-state index in [0.717, 1.165) is 16.9 Å². The molecule has 0 saturated carbocycles. The normalized spacial score (nSPS) is 17.3. The van der Waals surface area contributed by atoms with Crippen LogP contribution in [0.3, 0.4) is 0 Å². The Morgan fingerprint density at radius 2 is 1.80 bits per heavy atom. The summed E-state index contributed by atoms with van der Waals surface area (Å²) in [6.45, 7) is 1.90. The molecule has 1 unspecified atom stereocenters. The number of carbonyl (C=O) groups excluding carboxylic acids is 1. The highest BCUT2D eigenvalue weighted by Gasteiger charge is 2.32. The average molecular weight is 372 g/mol. The largest absolute Gasteiger partial charge is 0.351 e. The molecule has 3 rings (SSSR count). The van der Waals surface area contributed by atoms with Gasteiger partial charge in [0.05, 0.1) is 11.6 Å². The van der Waals surface area contributed by atoms with Gasteiger partial charge in [-0.05, 0) is 49.0 Å². The Morgan fingerprint density at radius 1 is 1.16 bits per heavy atom. The van der Waals surface area contributed by atoms with Crippen LogP contribution in [0.15, 0.2) is 65.9 Å². The van der Waals surface area contributed by atoms with E-state index in [-0.39, 0.29) is 11.9 Å². The molecule has 0 aliphatic carbocycles. The van der Waals surface area contributed by atoms with Crippen molar-refractivity contribution in [1.82, 2.24) is 10.2 Å². The fourth-order valence-corrected chi connectivity index (χ4v) is 3.14. The SMILES string of the molecule is CC1=C(C(=O)Nc2ccccc2)C(c2ccc(Cl)cc2)NC(=S)N1C. The van der Waals surface area contributed by atoms with Crippen molar-refractivity contribution >= 4 is 40.5 Å². The monoisotopic (exact) mass is 371 g/mol. The molecule has 0 spiro atoms. The molecular formula is C19H18ClN3OS. The number of nitrogens with one attached hydrogen (secondary N) is 2. The first-order valence-electron chi connectivity index (χ1n) is 7.84. The molecule has 2 aromatic rings. The summed E-state index contributed by atoms with van der Waals surface area (Å²) in [4.78, 5) is 14.8. The van der Waals surface area contributed by atoms with Crippen LogP contribution in [0.4, 0.5) is 5.69 Å². The maximum atomic E-state index is 13.0. The van der Waals surface area contributed by atoms with Crippen LogP contribution in [0.5, 0.6) is 0 Å². The van der Waals surface area contributed by atoms with E-state index in [1.807, 2.05) is 73.5 Å². The lowest BCUT2D eigenvalue weighted by Crippen LogP contribution is -2.46. The third-order valence-corrected chi connectivity index (χ3v) is 4.88. The molecule has 2 aromatic carbocycles. The highest BCUT2D eigenvalue weighted by atomic mass is 35.5. The summed E-state index contributed by atoms with van der Waals surface area (Å²) < 4.78 is 0. The molecule has 1 amide bonds. The van der Waals surface area contributed by atoms with Gasteiger partial charge in [0.15, 0.2) is 5.11 Å². The topological polar surface area (TPSA) is 44.4 Å². The van der Waals surface area contributed by atoms with Crippen molar-refractivity contribution in [2.75, 3.05) is 12.4 Å². The number of thiocarbonyl (C=S) groups is 1. The quantitative estimate of drug-likeness (QED) is 0.797. The van der Waals surface area contributed by atoms with E-state index in [0.29, 0.717) is 15.7 Å². The Bertz CT molecular complexity index is 834.